The maximum atomic E-state index is 9.69. The second-order valence-corrected chi connectivity index (χ2v) is 4.01. The van der Waals surface area contributed by atoms with Gasteiger partial charge in [0.2, 0.25) is 0 Å². The second-order valence-electron chi connectivity index (χ2n) is 4.01. The summed E-state index contributed by atoms with van der Waals surface area (Å²) >= 11 is 0. The molecule has 1 N–H and O–H groups in total. The van der Waals surface area contributed by atoms with Gasteiger partial charge in [0, 0.05) is 0 Å². The zero-order chi connectivity index (χ0) is 7.84. The van der Waals surface area contributed by atoms with Gasteiger partial charge in [-0.3, -0.25) is 0 Å². The summed E-state index contributed by atoms with van der Waals surface area (Å²) in [7, 11) is 0. The molecule has 2 fully saturated rings. The Morgan fingerprint density at radius 3 is 2.73 bits per heavy atom. The third-order valence-corrected chi connectivity index (χ3v) is 3.47. The highest BCUT2D eigenvalue weighted by Crippen LogP contribution is 2.49. The predicted molar refractivity (Wildman–Crippen MR) is 45.1 cm³/mol. The molecule has 0 heterocycles. The van der Waals surface area contributed by atoms with Crippen LogP contribution >= 0.6 is 0 Å². The molecule has 2 bridgehead atoms. The van der Waals surface area contributed by atoms with Crippen molar-refractivity contribution in [3.05, 3.63) is 12.7 Å². The number of fused-ring (bicyclic) bond motifs is 2. The standard InChI is InChI=1S/C10H16O/c1-2-3-7-6-8-4-5-9(7)10(8)11/h2,7-11H,1,3-6H2. The first-order valence-corrected chi connectivity index (χ1v) is 4.62. The van der Waals surface area contributed by atoms with Crippen LogP contribution in [0.15, 0.2) is 12.7 Å². The molecule has 2 rings (SSSR count). The van der Waals surface area contributed by atoms with Crippen molar-refractivity contribution in [2.45, 2.75) is 31.8 Å². The largest absolute Gasteiger partial charge is 0.393 e. The minimum Gasteiger partial charge on any atom is -0.393 e. The Labute approximate surface area is 68.1 Å². The maximum Gasteiger partial charge on any atom is 0.0599 e. The Morgan fingerprint density at radius 2 is 2.27 bits per heavy atom. The lowest BCUT2D eigenvalue weighted by Gasteiger charge is -2.19. The lowest BCUT2D eigenvalue weighted by molar-refractivity contribution is 0.120. The van der Waals surface area contributed by atoms with Gasteiger partial charge in [0.15, 0.2) is 0 Å². The van der Waals surface area contributed by atoms with E-state index in [0.29, 0.717) is 11.8 Å². The van der Waals surface area contributed by atoms with Gasteiger partial charge in [-0.1, -0.05) is 6.08 Å². The van der Waals surface area contributed by atoms with Crippen LogP contribution in [0.2, 0.25) is 0 Å². The van der Waals surface area contributed by atoms with Crippen LogP contribution in [0.1, 0.15) is 25.7 Å². The Kier molecular flexibility index (Phi) is 1.76. The predicted octanol–water partition coefficient (Wildman–Crippen LogP) is 1.97. The van der Waals surface area contributed by atoms with Gasteiger partial charge in [-0.2, -0.15) is 0 Å². The average molecular weight is 152 g/mol. The van der Waals surface area contributed by atoms with Crippen LogP contribution < -0.4 is 0 Å². The summed E-state index contributed by atoms with van der Waals surface area (Å²) in [6.45, 7) is 3.75. The van der Waals surface area contributed by atoms with Crippen LogP contribution in [0.3, 0.4) is 0 Å². The number of aliphatic hydroxyl groups is 1. The maximum absolute atomic E-state index is 9.69. The molecule has 1 nitrogen and oxygen atoms in total. The number of hydrogen-bond acceptors (Lipinski definition) is 1. The van der Waals surface area contributed by atoms with Gasteiger partial charge < -0.3 is 5.11 Å². The van der Waals surface area contributed by atoms with E-state index in [1.807, 2.05) is 6.08 Å². The molecule has 4 atom stereocenters. The molecule has 62 valence electrons. The Balaban J connectivity index is 2.02. The van der Waals surface area contributed by atoms with Crippen LogP contribution in [0, 0.1) is 17.8 Å². The van der Waals surface area contributed by atoms with Crippen LogP contribution in [-0.4, -0.2) is 11.2 Å². The van der Waals surface area contributed by atoms with Crippen molar-refractivity contribution in [2.24, 2.45) is 17.8 Å². The number of allylic oxidation sites excluding steroid dienone is 1. The fraction of sp³-hybridized carbons (Fsp3) is 0.800. The molecule has 0 amide bonds. The molecule has 1 heteroatoms. The van der Waals surface area contributed by atoms with Gasteiger partial charge in [0.1, 0.15) is 0 Å². The van der Waals surface area contributed by atoms with Crippen molar-refractivity contribution in [2.75, 3.05) is 0 Å². The molecule has 0 aliphatic heterocycles. The molecular weight excluding hydrogens is 136 g/mol. The Hall–Kier alpha value is -0.300. The van der Waals surface area contributed by atoms with Gasteiger partial charge in [-0.05, 0) is 43.4 Å². The fourth-order valence-corrected chi connectivity index (χ4v) is 2.92. The minimum absolute atomic E-state index is 0.0277. The van der Waals surface area contributed by atoms with E-state index >= 15 is 0 Å². The lowest BCUT2D eigenvalue weighted by Crippen LogP contribution is -2.15. The topological polar surface area (TPSA) is 20.2 Å². The highest BCUT2D eigenvalue weighted by Gasteiger charge is 2.46. The van der Waals surface area contributed by atoms with Gasteiger partial charge >= 0.3 is 0 Å². The van der Waals surface area contributed by atoms with Crippen molar-refractivity contribution in [3.8, 4) is 0 Å². The second kappa shape index (κ2) is 2.63. The summed E-state index contributed by atoms with van der Waals surface area (Å²) in [5.74, 6) is 1.99. The molecule has 4 unspecified atom stereocenters. The van der Waals surface area contributed by atoms with Gasteiger partial charge in [-0.25, -0.2) is 0 Å². The molecule has 2 saturated carbocycles. The molecule has 0 aromatic carbocycles. The summed E-state index contributed by atoms with van der Waals surface area (Å²) in [5, 5.41) is 9.69. The molecule has 0 aromatic heterocycles. The van der Waals surface area contributed by atoms with Crippen LogP contribution in [-0.2, 0) is 0 Å². The van der Waals surface area contributed by atoms with Crippen molar-refractivity contribution < 1.29 is 5.11 Å². The molecule has 2 aliphatic rings. The van der Waals surface area contributed by atoms with Gasteiger partial charge in [-0.15, -0.1) is 6.58 Å². The lowest BCUT2D eigenvalue weighted by atomic mass is 9.86. The molecule has 0 spiro atoms. The highest BCUT2D eigenvalue weighted by molar-refractivity contribution is 4.98. The van der Waals surface area contributed by atoms with Crippen LogP contribution in [0.25, 0.3) is 0 Å². The molecule has 0 saturated heterocycles. The third kappa shape index (κ3) is 1.02. The van der Waals surface area contributed by atoms with Crippen molar-refractivity contribution >= 4 is 0 Å². The van der Waals surface area contributed by atoms with E-state index in [1.165, 1.54) is 19.3 Å². The molecule has 0 radical (unpaired) electrons. The molecule has 2 aliphatic carbocycles. The molecule has 0 aromatic rings. The van der Waals surface area contributed by atoms with E-state index in [2.05, 4.69) is 6.58 Å². The molecule has 11 heavy (non-hydrogen) atoms. The van der Waals surface area contributed by atoms with Crippen molar-refractivity contribution in [1.82, 2.24) is 0 Å². The number of hydrogen-bond donors (Lipinski definition) is 1. The third-order valence-electron chi connectivity index (χ3n) is 3.47. The molecular formula is C10H16O. The van der Waals surface area contributed by atoms with E-state index in [1.54, 1.807) is 0 Å². The zero-order valence-corrected chi connectivity index (χ0v) is 6.87. The normalized spacial score (nSPS) is 48.1. The van der Waals surface area contributed by atoms with E-state index in [0.717, 1.165) is 12.3 Å². The summed E-state index contributed by atoms with van der Waals surface area (Å²) in [6.07, 6.45) is 6.90. The van der Waals surface area contributed by atoms with Gasteiger partial charge in [0.05, 0.1) is 6.10 Å². The summed E-state index contributed by atoms with van der Waals surface area (Å²) in [4.78, 5) is 0. The SMILES string of the molecule is C=CCC1CC2CCC1C2O. The smallest absolute Gasteiger partial charge is 0.0599 e. The van der Waals surface area contributed by atoms with Crippen LogP contribution in [0.4, 0.5) is 0 Å². The average Bonchev–Trinajstić information content (AvgIpc) is 2.47. The summed E-state index contributed by atoms with van der Waals surface area (Å²) < 4.78 is 0. The van der Waals surface area contributed by atoms with E-state index in [4.69, 9.17) is 0 Å². The Morgan fingerprint density at radius 1 is 1.45 bits per heavy atom. The Bertz CT molecular complexity index is 164. The number of aliphatic hydroxyl groups excluding tert-OH is 1. The van der Waals surface area contributed by atoms with Crippen molar-refractivity contribution in [1.29, 1.82) is 0 Å². The summed E-state index contributed by atoms with van der Waals surface area (Å²) in [5.41, 5.74) is 0. The first kappa shape index (κ1) is 7.35. The first-order chi connectivity index (χ1) is 5.33. The summed E-state index contributed by atoms with van der Waals surface area (Å²) in [6, 6.07) is 0. The van der Waals surface area contributed by atoms with E-state index in [-0.39, 0.29) is 6.10 Å². The highest BCUT2D eigenvalue weighted by atomic mass is 16.3. The fourth-order valence-electron chi connectivity index (χ4n) is 2.92. The van der Waals surface area contributed by atoms with Gasteiger partial charge in [0.25, 0.3) is 0 Å². The van der Waals surface area contributed by atoms with Crippen molar-refractivity contribution in [3.63, 3.8) is 0 Å². The van der Waals surface area contributed by atoms with E-state index in [9.17, 15) is 5.11 Å². The number of rotatable bonds is 2. The quantitative estimate of drug-likeness (QED) is 0.600. The first-order valence-electron chi connectivity index (χ1n) is 4.62. The monoisotopic (exact) mass is 152 g/mol. The van der Waals surface area contributed by atoms with E-state index < -0.39 is 0 Å². The minimum atomic E-state index is 0.0277. The zero-order valence-electron chi connectivity index (χ0n) is 6.87. The van der Waals surface area contributed by atoms with Crippen LogP contribution in [0.5, 0.6) is 0 Å².